The van der Waals surface area contributed by atoms with Crippen molar-refractivity contribution in [1.29, 1.82) is 0 Å². The molecule has 0 radical (unpaired) electrons. The van der Waals surface area contributed by atoms with E-state index in [4.69, 9.17) is 10.5 Å². The molecule has 0 aliphatic rings. The van der Waals surface area contributed by atoms with E-state index in [-0.39, 0.29) is 5.56 Å². The van der Waals surface area contributed by atoms with Gasteiger partial charge in [-0.15, -0.1) is 11.3 Å². The van der Waals surface area contributed by atoms with Crippen LogP contribution in [0, 0.1) is 0 Å². The van der Waals surface area contributed by atoms with Crippen LogP contribution >= 0.6 is 11.3 Å². The molecule has 0 bridgehead atoms. The predicted molar refractivity (Wildman–Crippen MR) is 115 cm³/mol. The molecule has 0 unspecified atom stereocenters. The summed E-state index contributed by atoms with van der Waals surface area (Å²) in [6, 6.07) is 14.6. The first kappa shape index (κ1) is 18.1. The van der Waals surface area contributed by atoms with Crippen molar-refractivity contribution in [3.8, 4) is 5.69 Å². The van der Waals surface area contributed by atoms with Gasteiger partial charge in [0.15, 0.2) is 0 Å². The summed E-state index contributed by atoms with van der Waals surface area (Å²) >= 11 is 1.26. The van der Waals surface area contributed by atoms with Crippen molar-refractivity contribution in [3.05, 3.63) is 63.8 Å². The molecule has 2 N–H and O–H groups in total. The molecule has 0 aliphatic heterocycles. The first-order valence-corrected chi connectivity index (χ1v) is 9.47. The number of nitrogens with zero attached hydrogens (tertiary/aromatic N) is 2. The van der Waals surface area contributed by atoms with Crippen LogP contribution in [0.1, 0.15) is 9.67 Å². The summed E-state index contributed by atoms with van der Waals surface area (Å²) in [7, 11) is 5.11. The lowest BCUT2D eigenvalue weighted by Gasteiger charge is -2.15. The molecule has 0 aliphatic carbocycles. The van der Waals surface area contributed by atoms with Crippen molar-refractivity contribution in [1.82, 2.24) is 4.57 Å². The zero-order valence-electron chi connectivity index (χ0n) is 15.7. The predicted octanol–water partition coefficient (Wildman–Crippen LogP) is 3.64. The van der Waals surface area contributed by atoms with E-state index in [0.717, 1.165) is 16.5 Å². The Kier molecular flexibility index (Phi) is 4.31. The van der Waals surface area contributed by atoms with Gasteiger partial charge in [0.1, 0.15) is 9.71 Å². The number of pyridine rings is 1. The quantitative estimate of drug-likeness (QED) is 0.425. The number of benzene rings is 2. The number of hydrogen-bond acceptors (Lipinski definition) is 6. The Morgan fingerprint density at radius 2 is 1.71 bits per heavy atom. The van der Waals surface area contributed by atoms with Gasteiger partial charge in [-0.05, 0) is 35.7 Å². The number of anilines is 2. The largest absolute Gasteiger partial charge is 0.465 e. The molecule has 0 saturated carbocycles. The van der Waals surface area contributed by atoms with Gasteiger partial charge in [-0.3, -0.25) is 9.36 Å². The fraction of sp³-hybridized carbons (Fsp3) is 0.143. The molecule has 2 aromatic carbocycles. The zero-order chi connectivity index (χ0) is 20.0. The Hall–Kier alpha value is -3.32. The number of ether oxygens (including phenoxy) is 1. The molecular weight excluding hydrogens is 374 g/mol. The lowest BCUT2D eigenvalue weighted by atomic mass is 10.1. The number of fused-ring (bicyclic) bond motifs is 3. The summed E-state index contributed by atoms with van der Waals surface area (Å²) in [6.07, 6.45) is 0. The Labute approximate surface area is 165 Å². The van der Waals surface area contributed by atoms with Crippen molar-refractivity contribution in [2.24, 2.45) is 0 Å². The van der Waals surface area contributed by atoms with E-state index in [1.807, 2.05) is 37.2 Å². The molecular formula is C21H19N3O3S. The lowest BCUT2D eigenvalue weighted by Crippen LogP contribution is -2.19. The smallest absolute Gasteiger partial charge is 0.350 e. The van der Waals surface area contributed by atoms with Gasteiger partial charge in [-0.2, -0.15) is 0 Å². The summed E-state index contributed by atoms with van der Waals surface area (Å²) in [4.78, 5) is 28.9. The van der Waals surface area contributed by atoms with Gasteiger partial charge >= 0.3 is 5.97 Å². The number of carbonyl (C=O) groups excluding carboxylic acids is 1. The highest BCUT2D eigenvalue weighted by Gasteiger charge is 2.25. The van der Waals surface area contributed by atoms with Gasteiger partial charge < -0.3 is 15.4 Å². The Balaban J connectivity index is 2.26. The second-order valence-corrected chi connectivity index (χ2v) is 7.62. The van der Waals surface area contributed by atoms with Crippen molar-refractivity contribution in [3.63, 3.8) is 0 Å². The fourth-order valence-corrected chi connectivity index (χ4v) is 4.76. The minimum absolute atomic E-state index is 0.143. The maximum Gasteiger partial charge on any atom is 0.350 e. The molecule has 0 saturated heterocycles. The van der Waals surface area contributed by atoms with Crippen LogP contribution in [0.5, 0.6) is 0 Å². The minimum atomic E-state index is -0.426. The number of esters is 1. The maximum atomic E-state index is 13.4. The molecule has 4 rings (SSSR count). The van der Waals surface area contributed by atoms with Crippen molar-refractivity contribution in [2.45, 2.75) is 0 Å². The van der Waals surface area contributed by atoms with E-state index in [9.17, 15) is 9.59 Å². The van der Waals surface area contributed by atoms with Crippen LogP contribution in [0.4, 0.5) is 11.4 Å². The molecule has 0 spiro atoms. The number of nitrogens with two attached hydrogens (primary N) is 1. The summed E-state index contributed by atoms with van der Waals surface area (Å²) in [6.45, 7) is 0. The van der Waals surface area contributed by atoms with Crippen LogP contribution in [0.3, 0.4) is 0 Å². The van der Waals surface area contributed by atoms with Crippen LogP contribution < -0.4 is 16.2 Å². The van der Waals surface area contributed by atoms with Gasteiger partial charge in [0.05, 0.1) is 18.5 Å². The van der Waals surface area contributed by atoms with E-state index in [1.165, 1.54) is 18.4 Å². The number of hydrogen-bond donors (Lipinski definition) is 1. The van der Waals surface area contributed by atoms with Crippen LogP contribution in [0.2, 0.25) is 0 Å². The summed E-state index contributed by atoms with van der Waals surface area (Å²) in [5.41, 5.74) is 7.73. The average molecular weight is 393 g/mol. The average Bonchev–Trinajstić information content (AvgIpc) is 3.09. The lowest BCUT2D eigenvalue weighted by molar-refractivity contribution is 0.0607. The molecule has 4 aromatic rings. The normalized spacial score (nSPS) is 11.1. The SMILES string of the molecule is COC(=O)c1sc2c(c1N(C)C)c1ccccc1c(=O)n2-c1ccc(N)cc1. The summed E-state index contributed by atoms with van der Waals surface area (Å²) in [5, 5.41) is 2.25. The van der Waals surface area contributed by atoms with Crippen LogP contribution in [-0.2, 0) is 4.74 Å². The van der Waals surface area contributed by atoms with Gasteiger partial charge in [0.25, 0.3) is 5.56 Å². The third-order valence-electron chi connectivity index (χ3n) is 4.67. The molecule has 28 heavy (non-hydrogen) atoms. The fourth-order valence-electron chi connectivity index (χ4n) is 3.43. The standard InChI is InChI=1S/C21H19N3O3S/c1-23(2)17-16-14-6-4-5-7-15(14)19(25)24(13-10-8-12(22)9-11-13)20(16)28-18(17)21(26)27-3/h4-11H,22H2,1-3H3. The zero-order valence-corrected chi connectivity index (χ0v) is 16.5. The molecule has 2 heterocycles. The molecule has 0 atom stereocenters. The number of nitrogen functional groups attached to an aromatic ring is 1. The van der Waals surface area contributed by atoms with Gasteiger partial charge in [0, 0.05) is 30.6 Å². The highest BCUT2D eigenvalue weighted by molar-refractivity contribution is 7.21. The molecule has 142 valence electrons. The van der Waals surface area contributed by atoms with Crippen molar-refractivity contribution < 1.29 is 9.53 Å². The number of carbonyl (C=O) groups is 1. The molecule has 0 fully saturated rings. The minimum Gasteiger partial charge on any atom is -0.465 e. The van der Waals surface area contributed by atoms with E-state index in [2.05, 4.69) is 0 Å². The second-order valence-electron chi connectivity index (χ2n) is 6.62. The summed E-state index contributed by atoms with van der Waals surface area (Å²) in [5.74, 6) is -0.426. The van der Waals surface area contributed by atoms with E-state index < -0.39 is 5.97 Å². The highest BCUT2D eigenvalue weighted by atomic mass is 32.1. The third kappa shape index (κ3) is 2.63. The van der Waals surface area contributed by atoms with Crippen LogP contribution in [-0.4, -0.2) is 31.7 Å². The van der Waals surface area contributed by atoms with Gasteiger partial charge in [-0.25, -0.2) is 4.79 Å². The van der Waals surface area contributed by atoms with E-state index in [0.29, 0.717) is 26.5 Å². The van der Waals surface area contributed by atoms with Crippen LogP contribution in [0.25, 0.3) is 26.7 Å². The second kappa shape index (κ2) is 6.69. The summed E-state index contributed by atoms with van der Waals surface area (Å²) < 4.78 is 6.64. The molecule has 2 aromatic heterocycles. The number of aromatic nitrogens is 1. The Morgan fingerprint density at radius 1 is 1.07 bits per heavy atom. The topological polar surface area (TPSA) is 77.6 Å². The van der Waals surface area contributed by atoms with Crippen molar-refractivity contribution in [2.75, 3.05) is 31.8 Å². The number of methoxy groups -OCH3 is 1. The molecule has 7 heteroatoms. The first-order valence-electron chi connectivity index (χ1n) is 8.66. The number of rotatable bonds is 3. The van der Waals surface area contributed by atoms with Crippen LogP contribution in [0.15, 0.2) is 53.3 Å². The van der Waals surface area contributed by atoms with Crippen molar-refractivity contribution >= 4 is 49.7 Å². The van der Waals surface area contributed by atoms with E-state index in [1.54, 1.807) is 34.9 Å². The van der Waals surface area contributed by atoms with E-state index >= 15 is 0 Å². The molecule has 6 nitrogen and oxygen atoms in total. The number of thiophene rings is 1. The maximum absolute atomic E-state index is 13.4. The molecule has 0 amide bonds. The monoisotopic (exact) mass is 393 g/mol. The van der Waals surface area contributed by atoms with Gasteiger partial charge in [0.2, 0.25) is 0 Å². The Morgan fingerprint density at radius 3 is 2.32 bits per heavy atom. The highest BCUT2D eigenvalue weighted by Crippen LogP contribution is 2.41. The Bertz CT molecular complexity index is 1270. The first-order chi connectivity index (χ1) is 13.4. The van der Waals surface area contributed by atoms with Gasteiger partial charge in [-0.1, -0.05) is 18.2 Å². The third-order valence-corrected chi connectivity index (χ3v) is 5.81.